The van der Waals surface area contributed by atoms with Crippen molar-refractivity contribution >= 4 is 12.1 Å². The molecule has 2 aliphatic rings. The second-order valence-corrected chi connectivity index (χ2v) is 7.79. The van der Waals surface area contributed by atoms with Crippen LogP contribution in [0.15, 0.2) is 4.99 Å². The number of amides is 1. The topological polar surface area (TPSA) is 96.7 Å². The molecule has 0 spiro atoms. The number of fused-ring (bicyclic) bond motifs is 1. The van der Waals surface area contributed by atoms with E-state index in [1.807, 2.05) is 20.8 Å². The van der Waals surface area contributed by atoms with E-state index in [0.29, 0.717) is 25.6 Å². The molecule has 1 aromatic rings. The lowest BCUT2D eigenvalue weighted by Gasteiger charge is -2.40. The Balaban J connectivity index is 1.44. The third-order valence-electron chi connectivity index (χ3n) is 4.45. The van der Waals surface area contributed by atoms with Gasteiger partial charge >= 0.3 is 6.09 Å². The lowest BCUT2D eigenvalue weighted by Crippen LogP contribution is -2.63. The smallest absolute Gasteiger partial charge is 0.410 e. The molecule has 3 rings (SSSR count). The minimum absolute atomic E-state index is 0.168. The number of guanidine groups is 1. The minimum atomic E-state index is -0.468. The van der Waals surface area contributed by atoms with Gasteiger partial charge in [0.05, 0.1) is 12.6 Å². The van der Waals surface area contributed by atoms with Crippen LogP contribution in [0.25, 0.3) is 0 Å². The van der Waals surface area contributed by atoms with Crippen molar-refractivity contribution in [2.45, 2.75) is 64.8 Å². The molecule has 0 aliphatic carbocycles. The van der Waals surface area contributed by atoms with Gasteiger partial charge in [0.2, 0.25) is 0 Å². The van der Waals surface area contributed by atoms with E-state index in [9.17, 15) is 4.79 Å². The van der Waals surface area contributed by atoms with E-state index in [1.165, 1.54) is 12.8 Å². The quantitative estimate of drug-likeness (QED) is 0.612. The average molecular weight is 363 g/mol. The summed E-state index contributed by atoms with van der Waals surface area (Å²) >= 11 is 0. The number of hydrogen-bond donors (Lipinski definition) is 2. The van der Waals surface area contributed by atoms with E-state index in [-0.39, 0.29) is 12.1 Å². The second-order valence-electron chi connectivity index (χ2n) is 7.79. The van der Waals surface area contributed by atoms with Crippen molar-refractivity contribution < 1.29 is 9.53 Å². The Bertz CT molecular complexity index is 671. The number of carbonyl (C=O) groups excluding carboxylic acids is 1. The number of carbonyl (C=O) groups is 1. The summed E-state index contributed by atoms with van der Waals surface area (Å²) in [6, 6.07) is 0.168. The monoisotopic (exact) mass is 363 g/mol. The number of aryl methyl sites for hydroxylation is 1. The van der Waals surface area contributed by atoms with E-state index in [2.05, 4.69) is 30.4 Å². The normalized spacial score (nSPS) is 18.2. The van der Waals surface area contributed by atoms with Crippen LogP contribution in [0, 0.1) is 0 Å². The first-order valence-corrected chi connectivity index (χ1v) is 9.22. The molecule has 1 saturated heterocycles. The number of hydrogen-bond acceptors (Lipinski definition) is 5. The maximum Gasteiger partial charge on any atom is 0.410 e. The highest BCUT2D eigenvalue weighted by atomic mass is 16.6. The fraction of sp³-hybridized carbons (Fsp3) is 0.765. The second kappa shape index (κ2) is 7.51. The van der Waals surface area contributed by atoms with Crippen molar-refractivity contribution in [1.82, 2.24) is 30.3 Å². The summed E-state index contributed by atoms with van der Waals surface area (Å²) in [6.07, 6.45) is 3.09. The standard InChI is InChI=1S/C17H29N7O2/c1-17(2,3)26-16(25)23-10-12(11-23)20-15(18-4)19-9-14-22-21-13-7-5-6-8-24(13)14/h12H,5-11H2,1-4H3,(H2,18,19,20). The highest BCUT2D eigenvalue weighted by Crippen LogP contribution is 2.16. The first-order valence-electron chi connectivity index (χ1n) is 9.22. The molecule has 1 aromatic heterocycles. The summed E-state index contributed by atoms with van der Waals surface area (Å²) in [6.45, 7) is 8.39. The molecule has 26 heavy (non-hydrogen) atoms. The minimum Gasteiger partial charge on any atom is -0.444 e. The molecule has 0 atom stereocenters. The zero-order valence-corrected chi connectivity index (χ0v) is 16.1. The third-order valence-corrected chi connectivity index (χ3v) is 4.45. The first kappa shape index (κ1) is 18.5. The van der Waals surface area contributed by atoms with Crippen molar-refractivity contribution in [3.63, 3.8) is 0 Å². The number of nitrogens with zero attached hydrogens (tertiary/aromatic N) is 5. The molecule has 1 fully saturated rings. The number of rotatable bonds is 3. The van der Waals surface area contributed by atoms with Crippen molar-refractivity contribution in [1.29, 1.82) is 0 Å². The van der Waals surface area contributed by atoms with Gasteiger partial charge in [-0.05, 0) is 33.6 Å². The van der Waals surface area contributed by atoms with Crippen molar-refractivity contribution in [2.24, 2.45) is 4.99 Å². The Hall–Kier alpha value is -2.32. The van der Waals surface area contributed by atoms with Crippen molar-refractivity contribution in [2.75, 3.05) is 20.1 Å². The van der Waals surface area contributed by atoms with Gasteiger partial charge in [-0.3, -0.25) is 4.99 Å². The van der Waals surface area contributed by atoms with Crippen molar-refractivity contribution in [3.8, 4) is 0 Å². The van der Waals surface area contributed by atoms with Gasteiger partial charge in [0.1, 0.15) is 11.4 Å². The van der Waals surface area contributed by atoms with Crippen LogP contribution in [0.5, 0.6) is 0 Å². The summed E-state index contributed by atoms with van der Waals surface area (Å²) in [5, 5.41) is 15.2. The molecule has 0 unspecified atom stereocenters. The van der Waals surface area contributed by atoms with Gasteiger partial charge in [-0.25, -0.2) is 4.79 Å². The highest BCUT2D eigenvalue weighted by Gasteiger charge is 2.34. The van der Waals surface area contributed by atoms with Gasteiger partial charge in [0, 0.05) is 33.1 Å². The van der Waals surface area contributed by atoms with Crippen molar-refractivity contribution in [3.05, 3.63) is 11.6 Å². The number of aliphatic imine (C=N–C) groups is 1. The maximum absolute atomic E-state index is 12.0. The zero-order chi connectivity index (χ0) is 18.7. The van der Waals surface area contributed by atoms with Crippen LogP contribution in [0.1, 0.15) is 45.3 Å². The summed E-state index contributed by atoms with van der Waals surface area (Å²) in [5.41, 5.74) is -0.468. The van der Waals surface area contributed by atoms with Gasteiger partial charge in [-0.2, -0.15) is 0 Å². The Morgan fingerprint density at radius 1 is 1.31 bits per heavy atom. The van der Waals surface area contributed by atoms with E-state index >= 15 is 0 Å². The van der Waals surface area contributed by atoms with Gasteiger partial charge in [0.25, 0.3) is 0 Å². The number of aromatic nitrogens is 3. The van der Waals surface area contributed by atoms with Crippen LogP contribution in [-0.4, -0.2) is 63.5 Å². The predicted octanol–water partition coefficient (Wildman–Crippen LogP) is 0.899. The Morgan fingerprint density at radius 3 is 2.77 bits per heavy atom. The third kappa shape index (κ3) is 4.44. The molecule has 2 N–H and O–H groups in total. The average Bonchev–Trinajstić information content (AvgIpc) is 2.94. The predicted molar refractivity (Wildman–Crippen MR) is 97.9 cm³/mol. The van der Waals surface area contributed by atoms with Gasteiger partial charge < -0.3 is 24.8 Å². The Labute approximate surface area is 154 Å². The van der Waals surface area contributed by atoms with E-state index < -0.39 is 5.60 Å². The molecule has 3 heterocycles. The zero-order valence-electron chi connectivity index (χ0n) is 16.1. The molecule has 0 saturated carbocycles. The summed E-state index contributed by atoms with van der Waals surface area (Å²) in [7, 11) is 1.74. The molecule has 0 bridgehead atoms. The van der Waals surface area contributed by atoms with Crippen LogP contribution < -0.4 is 10.6 Å². The lowest BCUT2D eigenvalue weighted by atomic mass is 10.1. The molecule has 0 aromatic carbocycles. The molecule has 1 amide bonds. The first-order chi connectivity index (χ1) is 12.4. The van der Waals surface area contributed by atoms with Gasteiger partial charge in [0.15, 0.2) is 11.8 Å². The number of likely N-dealkylation sites (tertiary alicyclic amines) is 1. The number of nitrogens with one attached hydrogen (secondary N) is 2. The number of ether oxygens (including phenoxy) is 1. The molecular formula is C17H29N7O2. The molecule has 2 aliphatic heterocycles. The Kier molecular flexibility index (Phi) is 5.33. The molecule has 9 heteroatoms. The molecular weight excluding hydrogens is 334 g/mol. The summed E-state index contributed by atoms with van der Waals surface area (Å²) in [5.74, 6) is 2.71. The van der Waals surface area contributed by atoms with E-state index in [0.717, 1.165) is 24.6 Å². The largest absolute Gasteiger partial charge is 0.444 e. The van der Waals surface area contributed by atoms with Crippen LogP contribution >= 0.6 is 0 Å². The fourth-order valence-electron chi connectivity index (χ4n) is 3.10. The molecule has 144 valence electrons. The maximum atomic E-state index is 12.0. The summed E-state index contributed by atoms with van der Waals surface area (Å²) in [4.78, 5) is 17.9. The van der Waals surface area contributed by atoms with Gasteiger partial charge in [-0.15, -0.1) is 10.2 Å². The van der Waals surface area contributed by atoms with Gasteiger partial charge in [-0.1, -0.05) is 0 Å². The Morgan fingerprint density at radius 2 is 2.08 bits per heavy atom. The van der Waals surface area contributed by atoms with Crippen LogP contribution in [0.4, 0.5) is 4.79 Å². The lowest BCUT2D eigenvalue weighted by molar-refractivity contribution is 0.00701. The summed E-state index contributed by atoms with van der Waals surface area (Å²) < 4.78 is 7.56. The van der Waals surface area contributed by atoms with E-state index in [1.54, 1.807) is 11.9 Å². The molecule has 0 radical (unpaired) electrons. The van der Waals surface area contributed by atoms with E-state index in [4.69, 9.17) is 4.74 Å². The SMILES string of the molecule is CN=C(NCc1nnc2n1CCCC2)NC1CN(C(=O)OC(C)(C)C)C1. The highest BCUT2D eigenvalue weighted by molar-refractivity contribution is 5.80. The van der Waals surface area contributed by atoms with Crippen LogP contribution in [0.2, 0.25) is 0 Å². The van der Waals surface area contributed by atoms with Crippen LogP contribution in [0.3, 0.4) is 0 Å². The molecule has 9 nitrogen and oxygen atoms in total. The van der Waals surface area contributed by atoms with Crippen LogP contribution in [-0.2, 0) is 24.2 Å². The fourth-order valence-corrected chi connectivity index (χ4v) is 3.10.